The molecule has 0 aliphatic carbocycles. The lowest BCUT2D eigenvalue weighted by atomic mass is 10.1. The summed E-state index contributed by atoms with van der Waals surface area (Å²) in [7, 11) is 0. The summed E-state index contributed by atoms with van der Waals surface area (Å²) < 4.78 is 1.85. The van der Waals surface area contributed by atoms with Crippen LogP contribution in [0.4, 0.5) is 5.69 Å². The summed E-state index contributed by atoms with van der Waals surface area (Å²) in [6.07, 6.45) is 1.52. The van der Waals surface area contributed by atoms with E-state index in [1.165, 1.54) is 0 Å². The fourth-order valence-corrected chi connectivity index (χ4v) is 1.89. The fraction of sp³-hybridized carbons (Fsp3) is 0.300. The first kappa shape index (κ1) is 8.63. The van der Waals surface area contributed by atoms with Crippen molar-refractivity contribution in [3.8, 4) is 0 Å². The predicted molar refractivity (Wildman–Crippen MR) is 56.3 cm³/mol. The molecule has 0 amide bonds. The number of carbonyl (C=O) groups excluding carboxylic acids is 1. The van der Waals surface area contributed by atoms with Crippen LogP contribution < -0.4 is 4.31 Å². The third-order valence-corrected chi connectivity index (χ3v) is 2.67. The second-order valence-corrected chi connectivity index (χ2v) is 3.65. The van der Waals surface area contributed by atoms with Gasteiger partial charge in [0.1, 0.15) is 0 Å². The van der Waals surface area contributed by atoms with Gasteiger partial charge >= 0.3 is 0 Å². The molecule has 0 radical (unpaired) electrons. The van der Waals surface area contributed by atoms with Crippen molar-refractivity contribution >= 4 is 24.3 Å². The number of hydrogen-bond donors (Lipinski definition) is 1. The van der Waals surface area contributed by atoms with Gasteiger partial charge in [-0.25, -0.2) is 0 Å². The van der Waals surface area contributed by atoms with Crippen LogP contribution in [0.25, 0.3) is 0 Å². The first-order chi connectivity index (χ1) is 6.29. The molecule has 1 aromatic carbocycles. The highest BCUT2D eigenvalue weighted by Crippen LogP contribution is 2.26. The van der Waals surface area contributed by atoms with Crippen molar-refractivity contribution in [2.75, 3.05) is 10.8 Å². The van der Waals surface area contributed by atoms with E-state index in [1.54, 1.807) is 0 Å². The van der Waals surface area contributed by atoms with E-state index in [9.17, 15) is 4.79 Å². The second kappa shape index (κ2) is 3.42. The van der Waals surface area contributed by atoms with Gasteiger partial charge in [-0.3, -0.25) is 4.79 Å². The standard InChI is InChI=1S/C10H11NOS/c12-10-6-3-7-11(13)9-5-2-1-4-8(9)10/h1-2,4-5,13H,3,6-7H2. The summed E-state index contributed by atoms with van der Waals surface area (Å²) in [5, 5.41) is 0. The molecular formula is C10H11NOS. The average Bonchev–Trinajstić information content (AvgIpc) is 2.29. The number of thiol groups is 1. The zero-order valence-corrected chi connectivity index (χ0v) is 8.13. The van der Waals surface area contributed by atoms with E-state index in [0.717, 1.165) is 24.2 Å². The van der Waals surface area contributed by atoms with E-state index in [2.05, 4.69) is 12.8 Å². The molecule has 0 spiro atoms. The van der Waals surface area contributed by atoms with E-state index in [0.29, 0.717) is 6.42 Å². The summed E-state index contributed by atoms with van der Waals surface area (Å²) in [5.74, 6) is 0.229. The highest BCUT2D eigenvalue weighted by atomic mass is 32.1. The summed E-state index contributed by atoms with van der Waals surface area (Å²) >= 11 is 4.33. The maximum Gasteiger partial charge on any atom is 0.165 e. The number of rotatable bonds is 0. The van der Waals surface area contributed by atoms with Crippen molar-refractivity contribution in [2.45, 2.75) is 12.8 Å². The zero-order valence-electron chi connectivity index (χ0n) is 7.23. The molecule has 0 aromatic heterocycles. The molecule has 0 saturated heterocycles. The lowest BCUT2D eigenvalue weighted by Gasteiger charge is -2.16. The molecule has 0 saturated carbocycles. The highest BCUT2D eigenvalue weighted by Gasteiger charge is 2.17. The van der Waals surface area contributed by atoms with E-state index < -0.39 is 0 Å². The topological polar surface area (TPSA) is 20.3 Å². The molecule has 1 aliphatic rings. The van der Waals surface area contributed by atoms with Gasteiger partial charge in [0, 0.05) is 18.5 Å². The Morgan fingerprint density at radius 3 is 2.92 bits per heavy atom. The lowest BCUT2D eigenvalue weighted by molar-refractivity contribution is 0.0984. The second-order valence-electron chi connectivity index (χ2n) is 3.17. The monoisotopic (exact) mass is 193 g/mol. The predicted octanol–water partition coefficient (Wildman–Crippen LogP) is 2.31. The van der Waals surface area contributed by atoms with Crippen molar-refractivity contribution < 1.29 is 4.79 Å². The van der Waals surface area contributed by atoms with Gasteiger partial charge in [0.25, 0.3) is 0 Å². The minimum Gasteiger partial charge on any atom is -0.318 e. The number of benzene rings is 1. The van der Waals surface area contributed by atoms with E-state index in [4.69, 9.17) is 0 Å². The summed E-state index contributed by atoms with van der Waals surface area (Å²) in [5.41, 5.74) is 1.74. The van der Waals surface area contributed by atoms with Crippen LogP contribution in [0.1, 0.15) is 23.2 Å². The van der Waals surface area contributed by atoms with Gasteiger partial charge in [0.2, 0.25) is 0 Å². The van der Waals surface area contributed by atoms with Gasteiger partial charge in [-0.05, 0) is 18.6 Å². The van der Waals surface area contributed by atoms with Crippen LogP contribution in [0.2, 0.25) is 0 Å². The van der Waals surface area contributed by atoms with Crippen molar-refractivity contribution in [3.05, 3.63) is 29.8 Å². The molecule has 68 valence electrons. The molecule has 0 fully saturated rings. The van der Waals surface area contributed by atoms with Crippen LogP contribution >= 0.6 is 12.8 Å². The number of anilines is 1. The molecule has 1 aliphatic heterocycles. The third-order valence-electron chi connectivity index (χ3n) is 2.26. The summed E-state index contributed by atoms with van der Waals surface area (Å²) in [4.78, 5) is 11.6. The molecule has 3 heteroatoms. The Hall–Kier alpha value is -0.960. The molecule has 1 heterocycles. The molecule has 0 N–H and O–H groups in total. The summed E-state index contributed by atoms with van der Waals surface area (Å²) in [6.45, 7) is 0.839. The maximum absolute atomic E-state index is 11.6. The Kier molecular flexibility index (Phi) is 2.27. The number of Topliss-reactive ketones (excluding diaryl/α,β-unsaturated/α-hetero) is 1. The molecule has 1 aromatic rings. The molecule has 0 unspecified atom stereocenters. The Labute approximate surface area is 83.1 Å². The number of para-hydroxylation sites is 1. The molecule has 2 nitrogen and oxygen atoms in total. The quantitative estimate of drug-likeness (QED) is 0.638. The highest BCUT2D eigenvalue weighted by molar-refractivity contribution is 7.81. The maximum atomic E-state index is 11.6. The van der Waals surface area contributed by atoms with Crippen LogP contribution in [0.15, 0.2) is 24.3 Å². The van der Waals surface area contributed by atoms with Gasteiger partial charge < -0.3 is 4.31 Å². The molecule has 0 atom stereocenters. The van der Waals surface area contributed by atoms with Gasteiger partial charge in [-0.2, -0.15) is 0 Å². The lowest BCUT2D eigenvalue weighted by Crippen LogP contribution is -2.10. The number of nitrogens with zero attached hydrogens (tertiary/aromatic N) is 1. The van der Waals surface area contributed by atoms with E-state index in [1.807, 2.05) is 28.6 Å². The van der Waals surface area contributed by atoms with Gasteiger partial charge in [0.05, 0.1) is 5.69 Å². The average molecular weight is 193 g/mol. The molecule has 2 rings (SSSR count). The van der Waals surface area contributed by atoms with Gasteiger partial charge in [-0.1, -0.05) is 24.9 Å². The Bertz CT molecular complexity index is 337. The van der Waals surface area contributed by atoms with Crippen LogP contribution in [0, 0.1) is 0 Å². The van der Waals surface area contributed by atoms with Gasteiger partial charge in [0.15, 0.2) is 5.78 Å². The number of carbonyl (C=O) groups is 1. The summed E-state index contributed by atoms with van der Waals surface area (Å²) in [6, 6.07) is 7.63. The van der Waals surface area contributed by atoms with Crippen molar-refractivity contribution in [1.29, 1.82) is 0 Å². The minimum absolute atomic E-state index is 0.229. The minimum atomic E-state index is 0.229. The Morgan fingerprint density at radius 1 is 1.31 bits per heavy atom. The van der Waals surface area contributed by atoms with E-state index in [-0.39, 0.29) is 5.78 Å². The van der Waals surface area contributed by atoms with E-state index >= 15 is 0 Å². The molecule has 0 bridgehead atoms. The Morgan fingerprint density at radius 2 is 2.08 bits per heavy atom. The van der Waals surface area contributed by atoms with Crippen molar-refractivity contribution in [2.24, 2.45) is 0 Å². The first-order valence-electron chi connectivity index (χ1n) is 4.37. The van der Waals surface area contributed by atoms with Crippen LogP contribution in [-0.2, 0) is 0 Å². The zero-order chi connectivity index (χ0) is 9.26. The number of fused-ring (bicyclic) bond motifs is 1. The molecular weight excluding hydrogens is 182 g/mol. The molecule has 13 heavy (non-hydrogen) atoms. The SMILES string of the molecule is O=C1CCCN(S)c2ccccc21. The first-order valence-corrected chi connectivity index (χ1v) is 4.77. The van der Waals surface area contributed by atoms with Crippen LogP contribution in [0.5, 0.6) is 0 Å². The third kappa shape index (κ3) is 1.56. The van der Waals surface area contributed by atoms with Gasteiger partial charge in [-0.15, -0.1) is 0 Å². The number of ketones is 1. The smallest absolute Gasteiger partial charge is 0.165 e. The number of hydrogen-bond acceptors (Lipinski definition) is 3. The Balaban J connectivity index is 2.51. The normalized spacial score (nSPS) is 16.7. The largest absolute Gasteiger partial charge is 0.318 e. The van der Waals surface area contributed by atoms with Crippen LogP contribution in [-0.4, -0.2) is 12.3 Å². The fourth-order valence-electron chi connectivity index (χ4n) is 1.58. The van der Waals surface area contributed by atoms with Crippen molar-refractivity contribution in [1.82, 2.24) is 0 Å². The van der Waals surface area contributed by atoms with Crippen molar-refractivity contribution in [3.63, 3.8) is 0 Å². The van der Waals surface area contributed by atoms with Crippen LogP contribution in [0.3, 0.4) is 0 Å².